The van der Waals surface area contributed by atoms with E-state index in [9.17, 15) is 0 Å². The molecule has 4 rings (SSSR count). The van der Waals surface area contributed by atoms with Gasteiger partial charge in [0.05, 0.1) is 34.7 Å². The topological polar surface area (TPSA) is 195 Å². The second kappa shape index (κ2) is 2.40. The lowest BCUT2D eigenvalue weighted by atomic mass is 9.74. The highest BCUT2D eigenvalue weighted by Gasteiger charge is 2.86. The minimum absolute atomic E-state index is 0.0272. The molecule has 2 bridgehead atoms. The van der Waals surface area contributed by atoms with Crippen molar-refractivity contribution in [2.24, 2.45) is 52.0 Å². The van der Waals surface area contributed by atoms with E-state index in [1.54, 1.807) is 0 Å². The Balaban J connectivity index is 2.01. The molecule has 0 amide bonds. The van der Waals surface area contributed by atoms with Gasteiger partial charge in [0, 0.05) is 17.9 Å². The lowest BCUT2D eigenvalue weighted by molar-refractivity contribution is 0.144. The maximum Gasteiger partial charge on any atom is 0.113 e. The first-order valence-corrected chi connectivity index (χ1v) is 6.03. The molecule has 100 valence electrons. The minimum atomic E-state index is -1.40. The lowest BCUT2D eigenvalue weighted by Crippen LogP contribution is -2.79. The van der Waals surface area contributed by atoms with E-state index in [-0.39, 0.29) is 35.8 Å². The number of nitrogens with two attached hydrogens (primary N) is 7. The summed E-state index contributed by atoms with van der Waals surface area (Å²) in [6, 6.07) is -0.256. The number of ether oxygens (including phenoxy) is 1. The van der Waals surface area contributed by atoms with Gasteiger partial charge in [-0.1, -0.05) is 0 Å². The van der Waals surface area contributed by atoms with Crippen molar-refractivity contribution in [3.05, 3.63) is 11.4 Å². The largest absolute Gasteiger partial charge is 0.399 e. The molecule has 7 unspecified atom stereocenters. The molecular weight excluding hydrogens is 234 g/mol. The normalized spacial score (nSPS) is 63.1. The van der Waals surface area contributed by atoms with E-state index in [1.807, 2.05) is 0 Å². The van der Waals surface area contributed by atoms with Crippen LogP contribution in [0.3, 0.4) is 0 Å². The molecule has 0 aromatic rings. The van der Waals surface area contributed by atoms with Gasteiger partial charge in [0.25, 0.3) is 0 Å². The highest BCUT2D eigenvalue weighted by atomic mass is 16.6. The zero-order valence-corrected chi connectivity index (χ0v) is 9.84. The molecule has 14 N–H and O–H groups in total. The molecule has 4 aliphatic rings. The molecule has 7 atom stereocenters. The van der Waals surface area contributed by atoms with Crippen molar-refractivity contribution in [1.29, 1.82) is 0 Å². The Morgan fingerprint density at radius 1 is 0.833 bits per heavy atom. The molecule has 18 heavy (non-hydrogen) atoms. The van der Waals surface area contributed by atoms with Crippen molar-refractivity contribution >= 4 is 0 Å². The van der Waals surface area contributed by atoms with Gasteiger partial charge in [-0.25, -0.2) is 0 Å². The summed E-state index contributed by atoms with van der Waals surface area (Å²) in [5, 5.41) is 0. The van der Waals surface area contributed by atoms with Crippen LogP contribution in [-0.2, 0) is 4.74 Å². The summed E-state index contributed by atoms with van der Waals surface area (Å²) in [5.74, 6) is -0.349. The summed E-state index contributed by atoms with van der Waals surface area (Å²) in [6.45, 7) is 0. The first-order chi connectivity index (χ1) is 8.20. The summed E-state index contributed by atoms with van der Waals surface area (Å²) < 4.78 is 5.53. The Hall–Kier alpha value is -0.900. The van der Waals surface area contributed by atoms with E-state index in [2.05, 4.69) is 0 Å². The first kappa shape index (κ1) is 11.0. The molecule has 1 saturated heterocycles. The Kier molecular flexibility index (Phi) is 1.46. The molecule has 0 radical (unpaired) electrons. The van der Waals surface area contributed by atoms with Crippen LogP contribution in [-0.4, -0.2) is 35.0 Å². The van der Waals surface area contributed by atoms with Crippen molar-refractivity contribution in [2.45, 2.75) is 35.0 Å². The zero-order chi connectivity index (χ0) is 13.2. The average molecular weight is 253 g/mol. The number of fused-ring (bicyclic) bond motifs is 7. The van der Waals surface area contributed by atoms with E-state index >= 15 is 0 Å². The van der Waals surface area contributed by atoms with Crippen molar-refractivity contribution < 1.29 is 4.74 Å². The fourth-order valence-corrected chi connectivity index (χ4v) is 4.66. The monoisotopic (exact) mass is 253 g/mol. The zero-order valence-electron chi connectivity index (χ0n) is 9.84. The van der Waals surface area contributed by atoms with Gasteiger partial charge >= 0.3 is 0 Å². The lowest BCUT2D eigenvalue weighted by Gasteiger charge is -2.41. The van der Waals surface area contributed by atoms with Gasteiger partial charge in [-0.3, -0.25) is 0 Å². The van der Waals surface area contributed by atoms with Crippen molar-refractivity contribution in [2.75, 3.05) is 0 Å². The van der Waals surface area contributed by atoms with Gasteiger partial charge < -0.3 is 44.9 Å². The molecule has 0 aromatic heterocycles. The summed E-state index contributed by atoms with van der Waals surface area (Å²) >= 11 is 0. The van der Waals surface area contributed by atoms with Crippen LogP contribution in [0.25, 0.3) is 0 Å². The van der Waals surface area contributed by atoms with E-state index in [1.165, 1.54) is 0 Å². The second-order valence-corrected chi connectivity index (χ2v) is 6.13. The molecule has 2 saturated carbocycles. The standard InChI is InChI=1S/C10H19N7O/c11-3-1-2(4-5(3)18-4)9(15)7(13)6(12)8(1,14)10(9,16)17/h1-5H,11-17H2. The predicted octanol–water partition coefficient (Wildman–Crippen LogP) is -4.51. The SMILES string of the molecule is NC1=C(N)C2(N)C3C4OC4C(N)C3C1(N)C2(N)N. The molecular formula is C10H19N7O. The Labute approximate surface area is 104 Å². The predicted molar refractivity (Wildman–Crippen MR) is 64.0 cm³/mol. The van der Waals surface area contributed by atoms with Crippen LogP contribution < -0.4 is 40.1 Å². The number of hydrogen-bond donors (Lipinski definition) is 7. The van der Waals surface area contributed by atoms with Crippen molar-refractivity contribution in [3.8, 4) is 0 Å². The third-order valence-corrected chi connectivity index (χ3v) is 5.70. The van der Waals surface area contributed by atoms with E-state index in [0.717, 1.165) is 0 Å². The Morgan fingerprint density at radius 3 is 1.89 bits per heavy atom. The number of hydrogen-bond acceptors (Lipinski definition) is 8. The molecule has 1 aliphatic heterocycles. The smallest absolute Gasteiger partial charge is 0.113 e. The summed E-state index contributed by atoms with van der Waals surface area (Å²) in [5.41, 5.74) is 40.4. The summed E-state index contributed by atoms with van der Waals surface area (Å²) in [6.07, 6.45) is -0.0841. The van der Waals surface area contributed by atoms with Crippen molar-refractivity contribution in [1.82, 2.24) is 0 Å². The molecule has 3 fully saturated rings. The van der Waals surface area contributed by atoms with Crippen LogP contribution in [0.15, 0.2) is 11.4 Å². The Morgan fingerprint density at radius 2 is 1.33 bits per heavy atom. The van der Waals surface area contributed by atoms with Crippen LogP contribution in [0.4, 0.5) is 0 Å². The fourth-order valence-electron chi connectivity index (χ4n) is 4.66. The van der Waals surface area contributed by atoms with Gasteiger partial charge in [0.2, 0.25) is 0 Å². The van der Waals surface area contributed by atoms with Gasteiger partial charge in [-0.15, -0.1) is 0 Å². The molecule has 3 aliphatic carbocycles. The maximum absolute atomic E-state index is 6.43. The van der Waals surface area contributed by atoms with Crippen LogP contribution in [0.1, 0.15) is 0 Å². The number of epoxide rings is 1. The fraction of sp³-hybridized carbons (Fsp3) is 0.800. The average Bonchev–Trinajstić information content (AvgIpc) is 2.98. The molecule has 8 heteroatoms. The second-order valence-electron chi connectivity index (χ2n) is 6.13. The van der Waals surface area contributed by atoms with E-state index in [0.29, 0.717) is 5.70 Å². The summed E-state index contributed by atoms with van der Waals surface area (Å²) in [7, 11) is 0. The first-order valence-electron chi connectivity index (χ1n) is 6.03. The third kappa shape index (κ3) is 0.667. The van der Waals surface area contributed by atoms with Crippen LogP contribution in [0.5, 0.6) is 0 Å². The van der Waals surface area contributed by atoms with Gasteiger partial charge in [-0.05, 0) is 0 Å². The summed E-state index contributed by atoms with van der Waals surface area (Å²) in [4.78, 5) is 0. The van der Waals surface area contributed by atoms with E-state index < -0.39 is 16.7 Å². The van der Waals surface area contributed by atoms with Crippen molar-refractivity contribution in [3.63, 3.8) is 0 Å². The molecule has 1 heterocycles. The Bertz CT molecular complexity index is 476. The molecule has 8 nitrogen and oxygen atoms in total. The van der Waals surface area contributed by atoms with Gasteiger partial charge in [-0.2, -0.15) is 0 Å². The quantitative estimate of drug-likeness (QED) is 0.165. The van der Waals surface area contributed by atoms with Crippen LogP contribution in [0.2, 0.25) is 0 Å². The third-order valence-electron chi connectivity index (χ3n) is 5.70. The maximum atomic E-state index is 6.43. The van der Waals surface area contributed by atoms with Gasteiger partial charge in [0.15, 0.2) is 0 Å². The molecule has 0 spiro atoms. The highest BCUT2D eigenvalue weighted by molar-refractivity contribution is 5.57. The van der Waals surface area contributed by atoms with Crippen LogP contribution in [0, 0.1) is 11.8 Å². The van der Waals surface area contributed by atoms with Crippen LogP contribution >= 0.6 is 0 Å². The minimum Gasteiger partial charge on any atom is -0.399 e. The van der Waals surface area contributed by atoms with Gasteiger partial charge in [0.1, 0.15) is 5.66 Å². The van der Waals surface area contributed by atoms with E-state index in [4.69, 9.17) is 44.9 Å². The highest BCUT2D eigenvalue weighted by Crippen LogP contribution is 2.66. The number of rotatable bonds is 0. The molecule has 0 aromatic carbocycles.